The smallest absolute Gasteiger partial charge is 0.343 e. The number of nitrogens with zero attached hydrogens (tertiary/aromatic N) is 2. The van der Waals surface area contributed by atoms with E-state index in [1.165, 1.54) is 14.2 Å². The lowest BCUT2D eigenvalue weighted by Crippen LogP contribution is -2.29. The van der Waals surface area contributed by atoms with Gasteiger partial charge in [0.05, 0.1) is 6.10 Å². The molecule has 1 aromatic carbocycles. The number of rotatable bonds is 8. The first kappa shape index (κ1) is 21.9. The third-order valence-electron chi connectivity index (χ3n) is 3.81. The Morgan fingerprint density at radius 2 is 1.93 bits per heavy atom. The van der Waals surface area contributed by atoms with E-state index in [0.717, 1.165) is 5.56 Å². The average Bonchev–Trinajstić information content (AvgIpc) is 2.70. The number of hydrogen-bond donors (Lipinski definition) is 1. The van der Waals surface area contributed by atoms with Crippen molar-refractivity contribution in [2.45, 2.75) is 33.5 Å². The molecule has 1 amide bonds. The number of aromatic nitrogens is 1. The Bertz CT molecular complexity index is 909. The fraction of sp³-hybridized carbons (Fsp3) is 0.333. The van der Waals surface area contributed by atoms with Gasteiger partial charge >= 0.3 is 5.97 Å². The van der Waals surface area contributed by atoms with Gasteiger partial charge in [-0.05, 0) is 38.0 Å². The van der Waals surface area contributed by atoms with Crippen LogP contribution in [0.1, 0.15) is 40.9 Å². The highest BCUT2D eigenvalue weighted by Crippen LogP contribution is 2.21. The number of carbonyl (C=O) groups excluding carboxylic acids is 2. The monoisotopic (exact) mass is 399 g/mol. The van der Waals surface area contributed by atoms with Crippen molar-refractivity contribution >= 4 is 17.6 Å². The van der Waals surface area contributed by atoms with Crippen molar-refractivity contribution in [2.75, 3.05) is 14.2 Å². The van der Waals surface area contributed by atoms with Crippen molar-refractivity contribution in [3.8, 4) is 5.88 Å². The fourth-order valence-corrected chi connectivity index (χ4v) is 2.54. The first-order chi connectivity index (χ1) is 13.9. The molecule has 0 saturated heterocycles. The van der Waals surface area contributed by atoms with Gasteiger partial charge in [-0.15, -0.1) is 0 Å². The molecule has 1 heterocycles. The van der Waals surface area contributed by atoms with Crippen LogP contribution in [-0.2, 0) is 21.0 Å². The van der Waals surface area contributed by atoms with Gasteiger partial charge in [-0.25, -0.2) is 9.78 Å². The van der Waals surface area contributed by atoms with Gasteiger partial charge in [0, 0.05) is 18.8 Å². The lowest BCUT2D eigenvalue weighted by Gasteiger charge is -2.14. The number of ether oxygens (including phenoxy) is 2. The van der Waals surface area contributed by atoms with Gasteiger partial charge in [-0.1, -0.05) is 29.4 Å². The van der Waals surface area contributed by atoms with Gasteiger partial charge in [0.1, 0.15) is 19.3 Å². The standard InChI is InChI=1S/C21H25N3O5/c1-13(2)29-21(26)17-10-14(3)11-23-20(17)28-12-15-8-6-7-9-16(15)18(24-27-5)19(25)22-4/h6-11,13H,12H2,1-5H3,(H,22,25)/b24-18-. The van der Waals surface area contributed by atoms with E-state index in [1.807, 2.05) is 13.0 Å². The Labute approximate surface area is 169 Å². The summed E-state index contributed by atoms with van der Waals surface area (Å²) in [4.78, 5) is 33.6. The van der Waals surface area contributed by atoms with E-state index in [9.17, 15) is 9.59 Å². The summed E-state index contributed by atoms with van der Waals surface area (Å²) in [5.74, 6) is -0.748. The van der Waals surface area contributed by atoms with Crippen LogP contribution in [0.3, 0.4) is 0 Å². The molecule has 0 spiro atoms. The largest absolute Gasteiger partial charge is 0.472 e. The quantitative estimate of drug-likeness (QED) is 0.416. The molecular formula is C21H25N3O5. The van der Waals surface area contributed by atoms with E-state index in [0.29, 0.717) is 11.1 Å². The highest BCUT2D eigenvalue weighted by atomic mass is 16.6. The van der Waals surface area contributed by atoms with E-state index >= 15 is 0 Å². The Balaban J connectivity index is 2.33. The maximum Gasteiger partial charge on any atom is 0.343 e. The van der Waals surface area contributed by atoms with Crippen LogP contribution < -0.4 is 10.1 Å². The molecule has 0 radical (unpaired) electrons. The normalized spacial score (nSPS) is 11.2. The van der Waals surface area contributed by atoms with Gasteiger partial charge in [0.15, 0.2) is 5.71 Å². The molecule has 29 heavy (non-hydrogen) atoms. The summed E-state index contributed by atoms with van der Waals surface area (Å²) in [5.41, 5.74) is 2.39. The van der Waals surface area contributed by atoms with Crippen LogP contribution in [0.15, 0.2) is 41.7 Å². The highest BCUT2D eigenvalue weighted by molar-refractivity contribution is 6.45. The number of esters is 1. The molecule has 8 heteroatoms. The summed E-state index contributed by atoms with van der Waals surface area (Å²) in [5, 5.41) is 6.36. The van der Waals surface area contributed by atoms with Gasteiger partial charge in [0.25, 0.3) is 5.91 Å². The van der Waals surface area contributed by atoms with E-state index in [4.69, 9.17) is 14.3 Å². The number of benzene rings is 1. The third-order valence-corrected chi connectivity index (χ3v) is 3.81. The molecule has 0 unspecified atom stereocenters. The zero-order valence-electron chi connectivity index (χ0n) is 17.2. The lowest BCUT2D eigenvalue weighted by molar-refractivity contribution is -0.114. The molecule has 0 fully saturated rings. The molecule has 0 aliphatic heterocycles. The molecule has 0 bridgehead atoms. The Kier molecular flexibility index (Phi) is 7.70. The SMILES string of the molecule is CNC(=O)/C(=N\OC)c1ccccc1COc1ncc(C)cc1C(=O)OC(C)C. The zero-order valence-corrected chi connectivity index (χ0v) is 17.2. The maximum atomic E-state index is 12.4. The Hall–Kier alpha value is -3.42. The van der Waals surface area contributed by atoms with E-state index in [2.05, 4.69) is 15.5 Å². The number of nitrogens with one attached hydrogen (secondary N) is 1. The molecule has 0 atom stereocenters. The maximum absolute atomic E-state index is 12.4. The van der Waals surface area contributed by atoms with Crippen molar-refractivity contribution in [3.05, 3.63) is 58.8 Å². The fourth-order valence-electron chi connectivity index (χ4n) is 2.54. The molecule has 8 nitrogen and oxygen atoms in total. The summed E-state index contributed by atoms with van der Waals surface area (Å²) < 4.78 is 11.1. The summed E-state index contributed by atoms with van der Waals surface area (Å²) in [7, 11) is 2.88. The number of amides is 1. The topological polar surface area (TPSA) is 99.1 Å². The Morgan fingerprint density at radius 3 is 2.59 bits per heavy atom. The minimum absolute atomic E-state index is 0.0634. The molecule has 1 aromatic heterocycles. The van der Waals surface area contributed by atoms with E-state index < -0.39 is 11.9 Å². The van der Waals surface area contributed by atoms with Crippen LogP contribution in [0.25, 0.3) is 0 Å². The van der Waals surface area contributed by atoms with Crippen molar-refractivity contribution in [2.24, 2.45) is 5.16 Å². The van der Waals surface area contributed by atoms with Gasteiger partial charge < -0.3 is 19.6 Å². The minimum Gasteiger partial charge on any atom is -0.472 e. The first-order valence-corrected chi connectivity index (χ1v) is 9.09. The molecule has 154 valence electrons. The van der Waals surface area contributed by atoms with E-state index in [1.54, 1.807) is 44.3 Å². The van der Waals surface area contributed by atoms with Crippen molar-refractivity contribution in [3.63, 3.8) is 0 Å². The van der Waals surface area contributed by atoms with Crippen molar-refractivity contribution in [1.29, 1.82) is 0 Å². The second-order valence-corrected chi connectivity index (χ2v) is 6.47. The van der Waals surface area contributed by atoms with Crippen LogP contribution in [0.5, 0.6) is 5.88 Å². The minimum atomic E-state index is -0.508. The second-order valence-electron chi connectivity index (χ2n) is 6.47. The summed E-state index contributed by atoms with van der Waals surface area (Å²) in [6.07, 6.45) is 1.34. The summed E-state index contributed by atoms with van der Waals surface area (Å²) in [6, 6.07) is 8.79. The molecule has 0 aliphatic carbocycles. The molecule has 2 rings (SSSR count). The average molecular weight is 399 g/mol. The van der Waals surface area contributed by atoms with Crippen LogP contribution in [0.4, 0.5) is 0 Å². The van der Waals surface area contributed by atoms with Gasteiger partial charge in [0.2, 0.25) is 5.88 Å². The van der Waals surface area contributed by atoms with Crippen LogP contribution in [-0.4, -0.2) is 42.8 Å². The predicted octanol–water partition coefficient (Wildman–Crippen LogP) is 2.63. The van der Waals surface area contributed by atoms with Gasteiger partial charge in [-0.2, -0.15) is 0 Å². The zero-order chi connectivity index (χ0) is 21.4. The highest BCUT2D eigenvalue weighted by Gasteiger charge is 2.20. The summed E-state index contributed by atoms with van der Waals surface area (Å²) in [6.45, 7) is 5.43. The Morgan fingerprint density at radius 1 is 1.21 bits per heavy atom. The number of hydrogen-bond acceptors (Lipinski definition) is 7. The number of carbonyl (C=O) groups is 2. The van der Waals surface area contributed by atoms with Crippen molar-refractivity contribution < 1.29 is 23.9 Å². The first-order valence-electron chi connectivity index (χ1n) is 9.09. The number of aryl methyl sites for hydroxylation is 1. The molecule has 0 aliphatic rings. The third kappa shape index (κ3) is 5.78. The number of pyridine rings is 1. The van der Waals surface area contributed by atoms with Gasteiger partial charge in [-0.3, -0.25) is 4.79 Å². The molecule has 2 aromatic rings. The van der Waals surface area contributed by atoms with Crippen molar-refractivity contribution in [1.82, 2.24) is 10.3 Å². The summed E-state index contributed by atoms with van der Waals surface area (Å²) >= 11 is 0. The molecule has 1 N–H and O–H groups in total. The number of likely N-dealkylation sites (N-methyl/N-ethyl adjacent to an activating group) is 1. The number of oxime groups is 1. The lowest BCUT2D eigenvalue weighted by atomic mass is 10.0. The second kappa shape index (κ2) is 10.2. The van der Waals surface area contributed by atoms with Crippen LogP contribution in [0.2, 0.25) is 0 Å². The predicted molar refractivity (Wildman–Crippen MR) is 108 cm³/mol. The van der Waals surface area contributed by atoms with Crippen LogP contribution >= 0.6 is 0 Å². The van der Waals surface area contributed by atoms with E-state index in [-0.39, 0.29) is 29.9 Å². The molecule has 0 saturated carbocycles. The van der Waals surface area contributed by atoms with Crippen LogP contribution in [0, 0.1) is 6.92 Å². The molecular weight excluding hydrogens is 374 g/mol.